The number of aryl methyl sites for hydroxylation is 1. The monoisotopic (exact) mass is 289 g/mol. The molecular weight excluding hydrogens is 266 g/mol. The quantitative estimate of drug-likeness (QED) is 0.766. The fraction of sp³-hybridized carbons (Fsp3) is 0.500. The highest BCUT2D eigenvalue weighted by Gasteiger charge is 2.17. The molecule has 2 heterocycles. The maximum atomic E-state index is 11.7. The summed E-state index contributed by atoms with van der Waals surface area (Å²) < 4.78 is 7.05. The molecule has 0 amide bonds. The first-order chi connectivity index (χ1) is 10.0. The van der Waals surface area contributed by atoms with Gasteiger partial charge in [0.25, 0.3) is 0 Å². The third kappa shape index (κ3) is 3.82. The van der Waals surface area contributed by atoms with Crippen LogP contribution in [0.5, 0.6) is 0 Å². The predicted octanol–water partition coefficient (Wildman–Crippen LogP) is 2.42. The lowest BCUT2D eigenvalue weighted by molar-refractivity contribution is -0.145. The molecule has 0 N–H and O–H groups in total. The van der Waals surface area contributed by atoms with Gasteiger partial charge in [0.1, 0.15) is 5.65 Å². The zero-order valence-electron chi connectivity index (χ0n) is 13.2. The van der Waals surface area contributed by atoms with Crippen LogP contribution in [-0.4, -0.2) is 39.4 Å². The van der Waals surface area contributed by atoms with Gasteiger partial charge in [0.05, 0.1) is 18.8 Å². The number of carbonyl (C=O) groups is 1. The summed E-state index contributed by atoms with van der Waals surface area (Å²) in [6, 6.07) is 4.30. The lowest BCUT2D eigenvalue weighted by atomic mass is 10.3. The highest BCUT2D eigenvalue weighted by atomic mass is 16.5. The van der Waals surface area contributed by atoms with Crippen molar-refractivity contribution in [1.82, 2.24) is 14.3 Å². The van der Waals surface area contributed by atoms with Crippen molar-refractivity contribution < 1.29 is 9.53 Å². The zero-order valence-corrected chi connectivity index (χ0v) is 13.2. The number of hydrogen-bond acceptors (Lipinski definition) is 4. The largest absolute Gasteiger partial charge is 0.465 e. The Kier molecular flexibility index (Phi) is 4.96. The smallest absolute Gasteiger partial charge is 0.320 e. The lowest BCUT2D eigenvalue weighted by Gasteiger charge is -2.24. The summed E-state index contributed by atoms with van der Waals surface area (Å²) in [6.45, 7) is 9.35. The molecular formula is C16H23N3O2. The number of carbonyl (C=O) groups excluding carboxylic acids is 1. The SMILES string of the molecule is CCOC(=O)CN(Cc1cn2cccc(C)c2n1)C(C)C. The molecule has 0 bridgehead atoms. The van der Waals surface area contributed by atoms with Gasteiger partial charge in [-0.05, 0) is 39.3 Å². The highest BCUT2D eigenvalue weighted by Crippen LogP contribution is 2.13. The van der Waals surface area contributed by atoms with E-state index < -0.39 is 0 Å². The van der Waals surface area contributed by atoms with Crippen LogP contribution in [0.1, 0.15) is 32.0 Å². The second-order valence-corrected chi connectivity index (χ2v) is 5.46. The van der Waals surface area contributed by atoms with Gasteiger partial charge in [0.15, 0.2) is 0 Å². The van der Waals surface area contributed by atoms with Gasteiger partial charge in [-0.25, -0.2) is 4.98 Å². The Hall–Kier alpha value is -1.88. The first-order valence-corrected chi connectivity index (χ1v) is 7.34. The Bertz CT molecular complexity index is 619. The lowest BCUT2D eigenvalue weighted by Crippen LogP contribution is -2.36. The minimum absolute atomic E-state index is 0.189. The molecule has 0 fully saturated rings. The van der Waals surface area contributed by atoms with Crippen LogP contribution < -0.4 is 0 Å². The van der Waals surface area contributed by atoms with Gasteiger partial charge in [-0.2, -0.15) is 0 Å². The molecule has 2 aromatic rings. The van der Waals surface area contributed by atoms with Crippen LogP contribution in [0, 0.1) is 6.92 Å². The number of nitrogens with zero attached hydrogens (tertiary/aromatic N) is 3. The van der Waals surface area contributed by atoms with E-state index in [1.807, 2.05) is 42.8 Å². The molecule has 0 aliphatic carbocycles. The van der Waals surface area contributed by atoms with E-state index in [2.05, 4.69) is 23.7 Å². The van der Waals surface area contributed by atoms with Gasteiger partial charge < -0.3 is 9.14 Å². The number of imidazole rings is 1. The normalized spacial score (nSPS) is 11.5. The minimum atomic E-state index is -0.189. The van der Waals surface area contributed by atoms with Crippen molar-refractivity contribution in [3.63, 3.8) is 0 Å². The molecule has 5 heteroatoms. The fourth-order valence-corrected chi connectivity index (χ4v) is 2.28. The van der Waals surface area contributed by atoms with Crippen molar-refractivity contribution in [2.75, 3.05) is 13.2 Å². The van der Waals surface area contributed by atoms with Crippen LogP contribution in [-0.2, 0) is 16.1 Å². The topological polar surface area (TPSA) is 46.8 Å². The van der Waals surface area contributed by atoms with Gasteiger partial charge in [-0.1, -0.05) is 6.07 Å². The first-order valence-electron chi connectivity index (χ1n) is 7.34. The van der Waals surface area contributed by atoms with Crippen molar-refractivity contribution in [2.24, 2.45) is 0 Å². The Morgan fingerprint density at radius 3 is 2.86 bits per heavy atom. The van der Waals surface area contributed by atoms with E-state index in [0.29, 0.717) is 19.7 Å². The fourth-order valence-electron chi connectivity index (χ4n) is 2.28. The van der Waals surface area contributed by atoms with Crippen LogP contribution in [0.4, 0.5) is 0 Å². The summed E-state index contributed by atoms with van der Waals surface area (Å²) in [5.41, 5.74) is 3.07. The van der Waals surface area contributed by atoms with Crippen LogP contribution >= 0.6 is 0 Å². The molecule has 0 saturated carbocycles. The molecule has 0 spiro atoms. The standard InChI is InChI=1S/C16H23N3O2/c1-5-21-15(20)11-19(12(2)3)10-14-9-18-8-6-7-13(4)16(18)17-14/h6-9,12H,5,10-11H2,1-4H3. The van der Waals surface area contributed by atoms with Gasteiger partial charge in [-0.15, -0.1) is 0 Å². The average Bonchev–Trinajstić information content (AvgIpc) is 2.82. The number of esters is 1. The van der Waals surface area contributed by atoms with E-state index in [-0.39, 0.29) is 12.0 Å². The molecule has 5 nitrogen and oxygen atoms in total. The molecule has 2 rings (SSSR count). The molecule has 114 valence electrons. The summed E-state index contributed by atoms with van der Waals surface area (Å²) in [7, 11) is 0. The number of rotatable bonds is 6. The average molecular weight is 289 g/mol. The van der Waals surface area contributed by atoms with Crippen LogP contribution in [0.3, 0.4) is 0 Å². The second kappa shape index (κ2) is 6.72. The van der Waals surface area contributed by atoms with Crippen molar-refractivity contribution in [3.8, 4) is 0 Å². The number of aromatic nitrogens is 2. The number of ether oxygens (including phenoxy) is 1. The van der Waals surface area contributed by atoms with Crippen molar-refractivity contribution in [2.45, 2.75) is 40.3 Å². The number of hydrogen-bond donors (Lipinski definition) is 0. The Morgan fingerprint density at radius 1 is 1.48 bits per heavy atom. The molecule has 2 aromatic heterocycles. The Balaban J connectivity index is 2.15. The molecule has 0 radical (unpaired) electrons. The summed E-state index contributed by atoms with van der Waals surface area (Å²) in [5, 5.41) is 0. The minimum Gasteiger partial charge on any atom is -0.465 e. The molecule has 0 aromatic carbocycles. The number of fused-ring (bicyclic) bond motifs is 1. The third-order valence-electron chi connectivity index (χ3n) is 3.46. The summed E-state index contributed by atoms with van der Waals surface area (Å²) in [6.07, 6.45) is 4.01. The van der Waals surface area contributed by atoms with E-state index >= 15 is 0 Å². The van der Waals surface area contributed by atoms with Crippen LogP contribution in [0.2, 0.25) is 0 Å². The van der Waals surface area contributed by atoms with Gasteiger partial charge in [0, 0.05) is 25.0 Å². The van der Waals surface area contributed by atoms with Crippen molar-refractivity contribution in [1.29, 1.82) is 0 Å². The summed E-state index contributed by atoms with van der Waals surface area (Å²) >= 11 is 0. The van der Waals surface area contributed by atoms with E-state index in [1.165, 1.54) is 0 Å². The predicted molar refractivity (Wildman–Crippen MR) is 82.1 cm³/mol. The Morgan fingerprint density at radius 2 is 2.24 bits per heavy atom. The van der Waals surface area contributed by atoms with E-state index in [9.17, 15) is 4.79 Å². The molecule has 0 atom stereocenters. The first kappa shape index (κ1) is 15.5. The van der Waals surface area contributed by atoms with Gasteiger partial charge >= 0.3 is 5.97 Å². The van der Waals surface area contributed by atoms with Crippen LogP contribution in [0.25, 0.3) is 5.65 Å². The molecule has 0 saturated heterocycles. The Labute approximate surface area is 125 Å². The maximum absolute atomic E-state index is 11.7. The van der Waals surface area contributed by atoms with Crippen LogP contribution in [0.15, 0.2) is 24.5 Å². The molecule has 0 aliphatic heterocycles. The molecule has 21 heavy (non-hydrogen) atoms. The highest BCUT2D eigenvalue weighted by molar-refractivity contribution is 5.71. The molecule has 0 aliphatic rings. The van der Waals surface area contributed by atoms with Gasteiger partial charge in [0.2, 0.25) is 0 Å². The maximum Gasteiger partial charge on any atom is 0.320 e. The van der Waals surface area contributed by atoms with Crippen molar-refractivity contribution >= 4 is 11.6 Å². The summed E-state index contributed by atoms with van der Waals surface area (Å²) in [4.78, 5) is 18.4. The summed E-state index contributed by atoms with van der Waals surface area (Å²) in [5.74, 6) is -0.189. The third-order valence-corrected chi connectivity index (χ3v) is 3.46. The van der Waals surface area contributed by atoms with E-state index in [4.69, 9.17) is 4.74 Å². The van der Waals surface area contributed by atoms with E-state index in [0.717, 1.165) is 16.9 Å². The zero-order chi connectivity index (χ0) is 15.4. The van der Waals surface area contributed by atoms with Crippen molar-refractivity contribution in [3.05, 3.63) is 35.8 Å². The number of pyridine rings is 1. The second-order valence-electron chi connectivity index (χ2n) is 5.46. The van der Waals surface area contributed by atoms with Gasteiger partial charge in [-0.3, -0.25) is 9.69 Å². The van der Waals surface area contributed by atoms with E-state index in [1.54, 1.807) is 0 Å². The molecule has 0 unspecified atom stereocenters.